The maximum absolute atomic E-state index is 11.5. The molecule has 2 nitrogen and oxygen atoms in total. The first-order valence-corrected chi connectivity index (χ1v) is 5.94. The van der Waals surface area contributed by atoms with Crippen LogP contribution in [0.4, 0.5) is 0 Å². The van der Waals surface area contributed by atoms with Crippen LogP contribution in [0.2, 0.25) is 0 Å². The van der Waals surface area contributed by atoms with Gasteiger partial charge >= 0.3 is 0 Å². The molecule has 0 saturated carbocycles. The van der Waals surface area contributed by atoms with Gasteiger partial charge in [-0.1, -0.05) is 19.1 Å². The van der Waals surface area contributed by atoms with Crippen molar-refractivity contribution in [1.82, 2.24) is 4.90 Å². The summed E-state index contributed by atoms with van der Waals surface area (Å²) in [6.45, 7) is 5.69. The lowest BCUT2D eigenvalue weighted by atomic mass is 9.96. The van der Waals surface area contributed by atoms with Gasteiger partial charge in [0, 0.05) is 13.1 Å². The standard InChI is InChI=1S/C12H18ClNO/c1-3-5-11-9-14(12(15)8-13)7-6-10(11)4-2/h4-5H,3,6-9H2,1-2H3/b10-4-,11-5-. The highest BCUT2D eigenvalue weighted by molar-refractivity contribution is 6.27. The monoisotopic (exact) mass is 227 g/mol. The normalized spacial score (nSPS) is 22.5. The van der Waals surface area contributed by atoms with E-state index in [4.69, 9.17) is 11.6 Å². The predicted molar refractivity (Wildman–Crippen MR) is 64.0 cm³/mol. The molecule has 0 unspecified atom stereocenters. The largest absolute Gasteiger partial charge is 0.337 e. The summed E-state index contributed by atoms with van der Waals surface area (Å²) in [5.41, 5.74) is 2.65. The van der Waals surface area contributed by atoms with E-state index < -0.39 is 0 Å². The van der Waals surface area contributed by atoms with E-state index in [2.05, 4.69) is 26.0 Å². The van der Waals surface area contributed by atoms with Crippen molar-refractivity contribution in [2.24, 2.45) is 0 Å². The van der Waals surface area contributed by atoms with E-state index in [1.807, 2.05) is 4.90 Å². The van der Waals surface area contributed by atoms with Gasteiger partial charge < -0.3 is 4.90 Å². The maximum Gasteiger partial charge on any atom is 0.237 e. The minimum absolute atomic E-state index is 0.0359. The second-order valence-corrected chi connectivity index (χ2v) is 3.92. The van der Waals surface area contributed by atoms with E-state index in [9.17, 15) is 4.79 Å². The third-order valence-electron chi connectivity index (χ3n) is 2.69. The van der Waals surface area contributed by atoms with Gasteiger partial charge in [0.2, 0.25) is 5.91 Å². The fraction of sp³-hybridized carbons (Fsp3) is 0.583. The van der Waals surface area contributed by atoms with Crippen LogP contribution in [-0.2, 0) is 4.79 Å². The maximum atomic E-state index is 11.5. The van der Waals surface area contributed by atoms with E-state index in [1.54, 1.807) is 0 Å². The van der Waals surface area contributed by atoms with Gasteiger partial charge in [-0.15, -0.1) is 11.6 Å². The Kier molecular flexibility index (Phi) is 4.89. The van der Waals surface area contributed by atoms with E-state index in [-0.39, 0.29) is 11.8 Å². The van der Waals surface area contributed by atoms with Gasteiger partial charge in [0.25, 0.3) is 0 Å². The Morgan fingerprint density at radius 2 is 2.27 bits per heavy atom. The zero-order chi connectivity index (χ0) is 11.3. The van der Waals surface area contributed by atoms with Gasteiger partial charge in [-0.25, -0.2) is 0 Å². The Morgan fingerprint density at radius 3 is 2.80 bits per heavy atom. The number of carbonyl (C=O) groups excluding carboxylic acids is 1. The van der Waals surface area contributed by atoms with Crippen LogP contribution in [0.15, 0.2) is 23.3 Å². The van der Waals surface area contributed by atoms with Crippen molar-refractivity contribution in [1.29, 1.82) is 0 Å². The van der Waals surface area contributed by atoms with Crippen molar-refractivity contribution in [3.05, 3.63) is 23.3 Å². The summed E-state index contributed by atoms with van der Waals surface area (Å²) in [6, 6.07) is 0. The summed E-state index contributed by atoms with van der Waals surface area (Å²) < 4.78 is 0. The number of hydrogen-bond donors (Lipinski definition) is 0. The molecule has 1 rings (SSSR count). The average molecular weight is 228 g/mol. The second-order valence-electron chi connectivity index (χ2n) is 3.65. The smallest absolute Gasteiger partial charge is 0.237 e. The Labute approximate surface area is 96.6 Å². The number of piperidine rings is 1. The third-order valence-corrected chi connectivity index (χ3v) is 2.92. The molecule has 1 saturated heterocycles. The molecule has 15 heavy (non-hydrogen) atoms. The third kappa shape index (κ3) is 3.10. The highest BCUT2D eigenvalue weighted by Crippen LogP contribution is 2.22. The van der Waals surface area contributed by atoms with Crippen molar-refractivity contribution < 1.29 is 4.79 Å². The molecule has 0 aliphatic carbocycles. The molecule has 0 spiro atoms. The van der Waals surface area contributed by atoms with E-state index in [1.165, 1.54) is 11.1 Å². The van der Waals surface area contributed by atoms with Crippen LogP contribution in [0.3, 0.4) is 0 Å². The summed E-state index contributed by atoms with van der Waals surface area (Å²) >= 11 is 5.56. The van der Waals surface area contributed by atoms with Crippen molar-refractivity contribution in [2.75, 3.05) is 19.0 Å². The molecule has 1 heterocycles. The molecule has 0 atom stereocenters. The fourth-order valence-electron chi connectivity index (χ4n) is 1.87. The van der Waals surface area contributed by atoms with Gasteiger partial charge in [0.05, 0.1) is 0 Å². The van der Waals surface area contributed by atoms with Gasteiger partial charge in [0.1, 0.15) is 5.88 Å². The van der Waals surface area contributed by atoms with E-state index in [0.29, 0.717) is 0 Å². The van der Waals surface area contributed by atoms with Crippen LogP contribution in [0.5, 0.6) is 0 Å². The second kappa shape index (κ2) is 5.96. The minimum atomic E-state index is 0.0359. The molecule has 84 valence electrons. The van der Waals surface area contributed by atoms with Gasteiger partial charge in [-0.05, 0) is 30.9 Å². The fourth-order valence-corrected chi connectivity index (χ4v) is 2.04. The molecule has 0 radical (unpaired) electrons. The molecule has 0 aromatic heterocycles. The molecular weight excluding hydrogens is 210 g/mol. The number of carbonyl (C=O) groups is 1. The lowest BCUT2D eigenvalue weighted by Gasteiger charge is -2.30. The topological polar surface area (TPSA) is 20.3 Å². The zero-order valence-corrected chi connectivity index (χ0v) is 10.2. The van der Waals surface area contributed by atoms with Crippen LogP contribution in [-0.4, -0.2) is 29.8 Å². The van der Waals surface area contributed by atoms with E-state index in [0.717, 1.165) is 25.9 Å². The van der Waals surface area contributed by atoms with Crippen LogP contribution >= 0.6 is 11.6 Å². The molecule has 1 aliphatic heterocycles. The first kappa shape index (κ1) is 12.3. The molecule has 1 amide bonds. The molecule has 0 aromatic carbocycles. The van der Waals surface area contributed by atoms with Gasteiger partial charge in [0.15, 0.2) is 0 Å². The highest BCUT2D eigenvalue weighted by Gasteiger charge is 2.20. The van der Waals surface area contributed by atoms with Crippen molar-refractivity contribution >= 4 is 17.5 Å². The van der Waals surface area contributed by atoms with Crippen molar-refractivity contribution in [2.45, 2.75) is 26.7 Å². The van der Waals surface area contributed by atoms with Crippen LogP contribution in [0.1, 0.15) is 26.7 Å². The number of alkyl halides is 1. The lowest BCUT2D eigenvalue weighted by Crippen LogP contribution is -2.38. The lowest BCUT2D eigenvalue weighted by molar-refractivity contribution is -0.128. The van der Waals surface area contributed by atoms with Gasteiger partial charge in [-0.2, -0.15) is 0 Å². The number of nitrogens with zero attached hydrogens (tertiary/aromatic N) is 1. The summed E-state index contributed by atoms with van der Waals surface area (Å²) in [6.07, 6.45) is 6.30. The zero-order valence-electron chi connectivity index (χ0n) is 9.42. The predicted octanol–water partition coefficient (Wildman–Crippen LogP) is 2.74. The first-order chi connectivity index (χ1) is 7.22. The SMILES string of the molecule is C/C=C1/CCN(C(=O)CCl)C/C1=C/CC. The Balaban J connectivity index is 2.75. The number of likely N-dealkylation sites (tertiary alicyclic amines) is 1. The first-order valence-electron chi connectivity index (χ1n) is 5.41. The summed E-state index contributed by atoms with van der Waals surface area (Å²) in [7, 11) is 0. The quantitative estimate of drug-likeness (QED) is 0.665. The molecule has 3 heteroatoms. The number of halogens is 1. The Morgan fingerprint density at radius 1 is 1.53 bits per heavy atom. The molecule has 1 fully saturated rings. The Bertz CT molecular complexity index is 294. The summed E-state index contributed by atoms with van der Waals surface area (Å²) in [5.74, 6) is 0.124. The number of hydrogen-bond acceptors (Lipinski definition) is 1. The Hall–Kier alpha value is -0.760. The van der Waals surface area contributed by atoms with Crippen molar-refractivity contribution in [3.8, 4) is 0 Å². The number of rotatable bonds is 2. The summed E-state index contributed by atoms with van der Waals surface area (Å²) in [4.78, 5) is 13.3. The van der Waals surface area contributed by atoms with Crippen LogP contribution in [0.25, 0.3) is 0 Å². The summed E-state index contributed by atoms with van der Waals surface area (Å²) in [5, 5.41) is 0. The molecule has 0 bridgehead atoms. The number of amides is 1. The molecular formula is C12H18ClNO. The minimum Gasteiger partial charge on any atom is -0.337 e. The van der Waals surface area contributed by atoms with Crippen LogP contribution < -0.4 is 0 Å². The molecule has 0 aromatic rings. The molecule has 0 N–H and O–H groups in total. The average Bonchev–Trinajstić information content (AvgIpc) is 2.28. The number of allylic oxidation sites excluding steroid dienone is 2. The molecule has 1 aliphatic rings. The van der Waals surface area contributed by atoms with Gasteiger partial charge in [-0.3, -0.25) is 4.79 Å². The van der Waals surface area contributed by atoms with E-state index >= 15 is 0 Å². The highest BCUT2D eigenvalue weighted by atomic mass is 35.5. The van der Waals surface area contributed by atoms with Crippen molar-refractivity contribution in [3.63, 3.8) is 0 Å². The van der Waals surface area contributed by atoms with Crippen LogP contribution in [0, 0.1) is 0 Å².